The van der Waals surface area contributed by atoms with Crippen molar-refractivity contribution in [1.29, 1.82) is 0 Å². The van der Waals surface area contributed by atoms with E-state index < -0.39 is 12.2 Å². The van der Waals surface area contributed by atoms with Gasteiger partial charge in [-0.25, -0.2) is 0 Å². The van der Waals surface area contributed by atoms with E-state index in [1.165, 1.54) is 38.2 Å². The number of hydrogen-bond acceptors (Lipinski definition) is 2. The van der Waals surface area contributed by atoms with E-state index in [0.29, 0.717) is 0 Å². The van der Waals surface area contributed by atoms with Gasteiger partial charge in [0.05, 0.1) is 0 Å². The van der Waals surface area contributed by atoms with Crippen molar-refractivity contribution in [2.45, 2.75) is 32.0 Å². The topological polar surface area (TPSA) is 40.5 Å². The van der Waals surface area contributed by atoms with Gasteiger partial charge in [-0.2, -0.15) is 0 Å². The van der Waals surface area contributed by atoms with Crippen molar-refractivity contribution >= 4 is 27.6 Å². The van der Waals surface area contributed by atoms with E-state index in [9.17, 15) is 10.2 Å². The molecular formula is C21H18O2. The van der Waals surface area contributed by atoms with Crippen molar-refractivity contribution < 1.29 is 10.2 Å². The molecule has 0 fully saturated rings. The Morgan fingerprint density at radius 1 is 0.957 bits per heavy atom. The number of aliphatic hydroxyl groups excluding tert-OH is 2. The molecule has 0 aliphatic heterocycles. The average Bonchev–Trinajstić information content (AvgIpc) is 3.00. The molecule has 0 radical (unpaired) electrons. The molecule has 114 valence electrons. The molecule has 2 N–H and O–H groups in total. The Labute approximate surface area is 134 Å². The first kappa shape index (κ1) is 13.3. The van der Waals surface area contributed by atoms with Crippen molar-refractivity contribution in [2.24, 2.45) is 0 Å². The molecule has 0 amide bonds. The van der Waals surface area contributed by atoms with E-state index in [1.807, 2.05) is 12.1 Å². The predicted octanol–water partition coefficient (Wildman–Crippen LogP) is 3.82. The van der Waals surface area contributed by atoms with Crippen molar-refractivity contribution in [3.05, 3.63) is 64.2 Å². The van der Waals surface area contributed by atoms with Crippen LogP contribution in [0.25, 0.3) is 27.6 Å². The van der Waals surface area contributed by atoms with Crippen LogP contribution >= 0.6 is 0 Å². The van der Waals surface area contributed by atoms with Gasteiger partial charge in [0.15, 0.2) is 0 Å². The standard InChI is InChI=1S/C21H18O2/c1-11-13-4-2-3-12-5-6-15(20(12)13)14-7-8-17-16(19(11)14)9-10-18(22)21(17)23/h2-4,7-10,18,21-23H,5-6H2,1H3/t18-,21-/m0/s1. The fourth-order valence-electron chi connectivity index (χ4n) is 4.48. The highest BCUT2D eigenvalue weighted by atomic mass is 16.3. The SMILES string of the molecule is Cc1c2cccc3c2c(c2ccc4c(c12)C=C[C@H](O)[C@H]4O)CC3. The van der Waals surface area contributed by atoms with Crippen LogP contribution in [0, 0.1) is 6.92 Å². The number of rotatable bonds is 0. The van der Waals surface area contributed by atoms with E-state index in [2.05, 4.69) is 31.2 Å². The Hall–Kier alpha value is -2.16. The molecule has 2 aliphatic carbocycles. The highest BCUT2D eigenvalue weighted by Crippen LogP contribution is 2.43. The van der Waals surface area contributed by atoms with Gasteiger partial charge in [-0.15, -0.1) is 0 Å². The summed E-state index contributed by atoms with van der Waals surface area (Å²) in [7, 11) is 0. The fraction of sp³-hybridized carbons (Fsp3) is 0.238. The average molecular weight is 302 g/mol. The van der Waals surface area contributed by atoms with Gasteiger partial charge in [0.1, 0.15) is 12.2 Å². The quantitative estimate of drug-likeness (QED) is 0.620. The summed E-state index contributed by atoms with van der Waals surface area (Å²) in [5.74, 6) is 0. The van der Waals surface area contributed by atoms with E-state index in [1.54, 1.807) is 6.08 Å². The minimum atomic E-state index is -0.839. The van der Waals surface area contributed by atoms with Crippen LogP contribution in [0.2, 0.25) is 0 Å². The number of fused-ring (bicyclic) bond motifs is 4. The monoisotopic (exact) mass is 302 g/mol. The Morgan fingerprint density at radius 3 is 2.70 bits per heavy atom. The molecule has 23 heavy (non-hydrogen) atoms. The minimum absolute atomic E-state index is 0.817. The first-order chi connectivity index (χ1) is 11.2. The van der Waals surface area contributed by atoms with E-state index >= 15 is 0 Å². The number of aryl methyl sites for hydroxylation is 3. The van der Waals surface area contributed by atoms with Gasteiger partial charge in [-0.1, -0.05) is 42.5 Å². The molecule has 3 aromatic rings. The zero-order valence-electron chi connectivity index (χ0n) is 13.0. The summed E-state index contributed by atoms with van der Waals surface area (Å²) < 4.78 is 0. The lowest BCUT2D eigenvalue weighted by Crippen LogP contribution is -2.19. The summed E-state index contributed by atoms with van der Waals surface area (Å²) in [4.78, 5) is 0. The highest BCUT2D eigenvalue weighted by molar-refractivity contribution is 6.10. The third-order valence-corrected chi connectivity index (χ3v) is 5.58. The van der Waals surface area contributed by atoms with Crippen molar-refractivity contribution in [1.82, 2.24) is 0 Å². The Balaban J connectivity index is 2.00. The van der Waals surface area contributed by atoms with Gasteiger partial charge >= 0.3 is 0 Å². The second-order valence-electron chi connectivity index (χ2n) is 6.73. The molecule has 0 heterocycles. The van der Waals surface area contributed by atoms with Crippen molar-refractivity contribution in [2.75, 3.05) is 0 Å². The number of benzene rings is 3. The smallest absolute Gasteiger partial charge is 0.109 e. The maximum Gasteiger partial charge on any atom is 0.109 e. The molecule has 0 spiro atoms. The Morgan fingerprint density at radius 2 is 1.83 bits per heavy atom. The molecule has 2 atom stereocenters. The van der Waals surface area contributed by atoms with Crippen LogP contribution in [-0.2, 0) is 12.8 Å². The largest absolute Gasteiger partial charge is 0.386 e. The zero-order chi connectivity index (χ0) is 15.7. The summed E-state index contributed by atoms with van der Waals surface area (Å²) >= 11 is 0. The van der Waals surface area contributed by atoms with Crippen LogP contribution in [0.5, 0.6) is 0 Å². The molecule has 2 nitrogen and oxygen atoms in total. The predicted molar refractivity (Wildman–Crippen MR) is 93.6 cm³/mol. The van der Waals surface area contributed by atoms with Crippen LogP contribution in [0.1, 0.15) is 33.9 Å². The Bertz CT molecular complexity index is 1010. The minimum Gasteiger partial charge on any atom is -0.386 e. The fourth-order valence-corrected chi connectivity index (χ4v) is 4.48. The second-order valence-corrected chi connectivity index (χ2v) is 6.73. The summed E-state index contributed by atoms with van der Waals surface area (Å²) in [6.07, 6.45) is 4.21. The second kappa shape index (κ2) is 4.44. The molecule has 0 bridgehead atoms. The molecule has 0 unspecified atom stereocenters. The summed E-state index contributed by atoms with van der Waals surface area (Å²) in [5.41, 5.74) is 6.05. The lowest BCUT2D eigenvalue weighted by Gasteiger charge is -2.24. The number of hydrogen-bond donors (Lipinski definition) is 2. The molecule has 0 saturated carbocycles. The van der Waals surface area contributed by atoms with Crippen LogP contribution in [0.15, 0.2) is 36.4 Å². The van der Waals surface area contributed by atoms with Crippen molar-refractivity contribution in [3.8, 4) is 0 Å². The molecule has 2 aliphatic rings. The third-order valence-electron chi connectivity index (χ3n) is 5.58. The van der Waals surface area contributed by atoms with E-state index in [-0.39, 0.29) is 0 Å². The van der Waals surface area contributed by atoms with Gasteiger partial charge in [-0.3, -0.25) is 0 Å². The molecule has 3 aromatic carbocycles. The van der Waals surface area contributed by atoms with Gasteiger partial charge in [0.25, 0.3) is 0 Å². The maximum atomic E-state index is 10.3. The highest BCUT2D eigenvalue weighted by Gasteiger charge is 2.26. The van der Waals surface area contributed by atoms with E-state index in [0.717, 1.165) is 24.0 Å². The first-order valence-corrected chi connectivity index (χ1v) is 8.21. The Kier molecular flexibility index (Phi) is 2.56. The lowest BCUT2D eigenvalue weighted by molar-refractivity contribution is 0.0471. The molecule has 0 saturated heterocycles. The number of aliphatic hydroxyl groups is 2. The van der Waals surface area contributed by atoms with Crippen LogP contribution < -0.4 is 0 Å². The van der Waals surface area contributed by atoms with Crippen LogP contribution in [0.3, 0.4) is 0 Å². The summed E-state index contributed by atoms with van der Waals surface area (Å²) in [6, 6.07) is 10.7. The summed E-state index contributed by atoms with van der Waals surface area (Å²) in [5, 5.41) is 25.5. The molecule has 5 rings (SSSR count). The molecule has 2 heteroatoms. The molecule has 0 aromatic heterocycles. The van der Waals surface area contributed by atoms with Crippen molar-refractivity contribution in [3.63, 3.8) is 0 Å². The van der Waals surface area contributed by atoms with Gasteiger partial charge < -0.3 is 10.2 Å². The molecular weight excluding hydrogens is 284 g/mol. The van der Waals surface area contributed by atoms with Crippen LogP contribution in [-0.4, -0.2) is 16.3 Å². The van der Waals surface area contributed by atoms with Gasteiger partial charge in [-0.05, 0) is 69.1 Å². The summed E-state index contributed by atoms with van der Waals surface area (Å²) in [6.45, 7) is 2.18. The maximum absolute atomic E-state index is 10.3. The van der Waals surface area contributed by atoms with Gasteiger partial charge in [0, 0.05) is 0 Å². The van der Waals surface area contributed by atoms with E-state index in [4.69, 9.17) is 0 Å². The van der Waals surface area contributed by atoms with Gasteiger partial charge in [0.2, 0.25) is 0 Å². The van der Waals surface area contributed by atoms with Crippen LogP contribution in [0.4, 0.5) is 0 Å². The normalized spacial score (nSPS) is 22.0. The zero-order valence-corrected chi connectivity index (χ0v) is 13.0. The first-order valence-electron chi connectivity index (χ1n) is 8.21. The lowest BCUT2D eigenvalue weighted by atomic mass is 9.84. The third kappa shape index (κ3) is 1.60.